The third-order valence-corrected chi connectivity index (χ3v) is 6.60. The van der Waals surface area contributed by atoms with Gasteiger partial charge in [0.1, 0.15) is 0 Å². The molecule has 2 aliphatic rings. The third-order valence-electron chi connectivity index (χ3n) is 4.90. The van der Waals surface area contributed by atoms with Crippen LogP contribution in [0, 0.1) is 0 Å². The van der Waals surface area contributed by atoms with Crippen molar-refractivity contribution in [3.8, 4) is 0 Å². The molecule has 1 fully saturated rings. The minimum atomic E-state index is 1.16. The number of fused-ring (bicyclic) bond motifs is 2. The highest BCUT2D eigenvalue weighted by atomic mass is 79.9. The van der Waals surface area contributed by atoms with Gasteiger partial charge < -0.3 is 4.90 Å². The van der Waals surface area contributed by atoms with Gasteiger partial charge in [-0.15, -0.1) is 11.3 Å². The van der Waals surface area contributed by atoms with Crippen LogP contribution in [-0.4, -0.2) is 25.0 Å². The van der Waals surface area contributed by atoms with Crippen LogP contribution in [0.25, 0.3) is 5.57 Å². The highest BCUT2D eigenvalue weighted by molar-refractivity contribution is 9.11. The van der Waals surface area contributed by atoms with E-state index in [0.717, 1.165) is 12.8 Å². The van der Waals surface area contributed by atoms with Crippen molar-refractivity contribution in [1.82, 2.24) is 4.90 Å². The SMILES string of the molecule is CN1CCC(=C2c3ccccc3CCc3cc(Br)sc32)CC1. The lowest BCUT2D eigenvalue weighted by Crippen LogP contribution is -2.26. The van der Waals surface area contributed by atoms with E-state index < -0.39 is 0 Å². The molecule has 1 saturated heterocycles. The number of thiophene rings is 1. The maximum Gasteiger partial charge on any atom is 0.0707 e. The summed E-state index contributed by atoms with van der Waals surface area (Å²) in [6, 6.07) is 11.4. The van der Waals surface area contributed by atoms with Gasteiger partial charge in [0.2, 0.25) is 0 Å². The van der Waals surface area contributed by atoms with E-state index >= 15 is 0 Å². The van der Waals surface area contributed by atoms with Crippen LogP contribution in [0.3, 0.4) is 0 Å². The van der Waals surface area contributed by atoms with E-state index in [0.29, 0.717) is 0 Å². The van der Waals surface area contributed by atoms with E-state index in [2.05, 4.69) is 58.2 Å². The average Bonchev–Trinajstić information content (AvgIpc) is 2.82. The zero-order chi connectivity index (χ0) is 15.1. The van der Waals surface area contributed by atoms with Gasteiger partial charge in [0.15, 0.2) is 0 Å². The summed E-state index contributed by atoms with van der Waals surface area (Å²) in [7, 11) is 2.23. The van der Waals surface area contributed by atoms with Gasteiger partial charge in [-0.05, 0) is 77.0 Å². The highest BCUT2D eigenvalue weighted by Crippen LogP contribution is 2.43. The fraction of sp³-hybridized carbons (Fsp3) is 0.368. The molecular weight excluding hydrogens is 354 g/mol. The molecule has 0 atom stereocenters. The fourth-order valence-electron chi connectivity index (χ4n) is 3.66. The van der Waals surface area contributed by atoms with Gasteiger partial charge in [-0.1, -0.05) is 29.8 Å². The monoisotopic (exact) mass is 373 g/mol. The summed E-state index contributed by atoms with van der Waals surface area (Å²) in [4.78, 5) is 3.95. The first-order chi connectivity index (χ1) is 10.7. The number of benzene rings is 1. The Morgan fingerprint density at radius 2 is 1.73 bits per heavy atom. The zero-order valence-corrected chi connectivity index (χ0v) is 15.3. The lowest BCUT2D eigenvalue weighted by molar-refractivity contribution is 0.313. The molecule has 0 amide bonds. The second kappa shape index (κ2) is 5.95. The van der Waals surface area contributed by atoms with Crippen LogP contribution in [0.15, 0.2) is 39.7 Å². The second-order valence-electron chi connectivity index (χ2n) is 6.34. The minimum Gasteiger partial charge on any atom is -0.306 e. The molecule has 1 aromatic heterocycles. The molecule has 3 heteroatoms. The predicted molar refractivity (Wildman–Crippen MR) is 98.6 cm³/mol. The third kappa shape index (κ3) is 2.60. The van der Waals surface area contributed by atoms with Crippen LogP contribution in [-0.2, 0) is 12.8 Å². The Labute approximate surface area is 144 Å². The number of piperidine rings is 1. The normalized spacial score (nSPS) is 18.8. The van der Waals surface area contributed by atoms with Crippen molar-refractivity contribution < 1.29 is 0 Å². The zero-order valence-electron chi connectivity index (χ0n) is 12.9. The fourth-order valence-corrected chi connectivity index (χ4v) is 5.46. The summed E-state index contributed by atoms with van der Waals surface area (Å²) in [5, 5.41) is 0. The molecule has 114 valence electrons. The van der Waals surface area contributed by atoms with Gasteiger partial charge in [0, 0.05) is 18.0 Å². The Kier molecular flexibility index (Phi) is 3.97. The molecule has 2 aromatic rings. The molecule has 0 N–H and O–H groups in total. The standard InChI is InChI=1S/C19H20BrNS/c1-21-10-8-14(9-11-21)18-16-5-3-2-4-13(16)6-7-15-12-17(20)22-19(15)18/h2-5,12H,6-11H2,1H3. The molecule has 0 radical (unpaired) electrons. The first-order valence-electron chi connectivity index (χ1n) is 8.00. The predicted octanol–water partition coefficient (Wildman–Crippen LogP) is 5.14. The van der Waals surface area contributed by atoms with Crippen molar-refractivity contribution in [3.05, 3.63) is 61.3 Å². The number of aryl methyl sites for hydroxylation is 2. The van der Waals surface area contributed by atoms with Crippen LogP contribution in [0.2, 0.25) is 0 Å². The molecular formula is C19H20BrNS. The Balaban J connectivity index is 1.93. The smallest absolute Gasteiger partial charge is 0.0707 e. The summed E-state index contributed by atoms with van der Waals surface area (Å²) in [5.41, 5.74) is 7.73. The van der Waals surface area contributed by atoms with Gasteiger partial charge in [0.05, 0.1) is 3.79 Å². The summed E-state index contributed by atoms with van der Waals surface area (Å²) in [6.45, 7) is 2.37. The Morgan fingerprint density at radius 1 is 1.00 bits per heavy atom. The molecule has 1 nitrogen and oxygen atoms in total. The molecule has 0 bridgehead atoms. The van der Waals surface area contributed by atoms with Crippen LogP contribution >= 0.6 is 27.3 Å². The van der Waals surface area contributed by atoms with E-state index in [-0.39, 0.29) is 0 Å². The first kappa shape index (κ1) is 14.7. The lowest BCUT2D eigenvalue weighted by atomic mass is 9.90. The Bertz CT molecular complexity index is 734. The molecule has 0 saturated carbocycles. The second-order valence-corrected chi connectivity index (χ2v) is 8.78. The van der Waals surface area contributed by atoms with E-state index in [1.807, 2.05) is 11.3 Å². The topological polar surface area (TPSA) is 3.24 Å². The maximum absolute atomic E-state index is 3.71. The van der Waals surface area contributed by atoms with Crippen molar-refractivity contribution in [2.75, 3.05) is 20.1 Å². The van der Waals surface area contributed by atoms with Gasteiger partial charge in [0.25, 0.3) is 0 Å². The lowest BCUT2D eigenvalue weighted by Gasteiger charge is -2.27. The number of nitrogens with zero attached hydrogens (tertiary/aromatic N) is 1. The van der Waals surface area contributed by atoms with E-state index in [1.165, 1.54) is 51.3 Å². The molecule has 0 unspecified atom stereocenters. The molecule has 2 heterocycles. The van der Waals surface area contributed by atoms with Crippen molar-refractivity contribution in [1.29, 1.82) is 0 Å². The number of halogens is 1. The summed E-state index contributed by atoms with van der Waals surface area (Å²) in [6.07, 6.45) is 4.72. The Hall–Kier alpha value is -0.900. The van der Waals surface area contributed by atoms with Crippen molar-refractivity contribution in [2.24, 2.45) is 0 Å². The molecule has 22 heavy (non-hydrogen) atoms. The molecule has 0 spiro atoms. The minimum absolute atomic E-state index is 1.16. The van der Waals surface area contributed by atoms with Gasteiger partial charge in [-0.2, -0.15) is 0 Å². The van der Waals surface area contributed by atoms with Gasteiger partial charge >= 0.3 is 0 Å². The summed E-state index contributed by atoms with van der Waals surface area (Å²) < 4.78 is 1.27. The van der Waals surface area contributed by atoms with E-state index in [4.69, 9.17) is 0 Å². The molecule has 4 rings (SSSR count). The van der Waals surface area contributed by atoms with Crippen LogP contribution in [0.4, 0.5) is 0 Å². The van der Waals surface area contributed by atoms with Gasteiger partial charge in [-0.25, -0.2) is 0 Å². The summed E-state index contributed by atoms with van der Waals surface area (Å²) >= 11 is 5.62. The molecule has 1 aliphatic heterocycles. The van der Waals surface area contributed by atoms with Crippen molar-refractivity contribution in [2.45, 2.75) is 25.7 Å². The number of rotatable bonds is 0. The molecule has 1 aromatic carbocycles. The van der Waals surface area contributed by atoms with Gasteiger partial charge in [-0.3, -0.25) is 0 Å². The highest BCUT2D eigenvalue weighted by Gasteiger charge is 2.24. The Morgan fingerprint density at radius 3 is 2.55 bits per heavy atom. The van der Waals surface area contributed by atoms with Crippen LogP contribution < -0.4 is 0 Å². The molecule has 1 aliphatic carbocycles. The first-order valence-corrected chi connectivity index (χ1v) is 9.61. The number of likely N-dealkylation sites (tertiary alicyclic amines) is 1. The van der Waals surface area contributed by atoms with Crippen LogP contribution in [0.5, 0.6) is 0 Å². The average molecular weight is 374 g/mol. The maximum atomic E-state index is 3.71. The van der Waals surface area contributed by atoms with E-state index in [1.54, 1.807) is 11.1 Å². The number of hydrogen-bond acceptors (Lipinski definition) is 2. The summed E-state index contributed by atoms with van der Waals surface area (Å²) in [5.74, 6) is 0. The quantitative estimate of drug-likeness (QED) is 0.617. The van der Waals surface area contributed by atoms with Crippen molar-refractivity contribution in [3.63, 3.8) is 0 Å². The van der Waals surface area contributed by atoms with Crippen molar-refractivity contribution >= 4 is 32.8 Å². The largest absolute Gasteiger partial charge is 0.306 e. The number of hydrogen-bond donors (Lipinski definition) is 0. The van der Waals surface area contributed by atoms with E-state index in [9.17, 15) is 0 Å². The van der Waals surface area contributed by atoms with Crippen LogP contribution in [0.1, 0.15) is 34.4 Å².